The molecule has 0 saturated heterocycles. The molecular formula is C51H38N2. The molecular weight excluding hydrogens is 641 g/mol. The highest BCUT2D eigenvalue weighted by Gasteiger charge is 2.36. The summed E-state index contributed by atoms with van der Waals surface area (Å²) in [6.07, 6.45) is 0. The van der Waals surface area contributed by atoms with Crippen LogP contribution in [0.5, 0.6) is 0 Å². The summed E-state index contributed by atoms with van der Waals surface area (Å²) in [5.74, 6) is 0. The first kappa shape index (κ1) is 31.1. The van der Waals surface area contributed by atoms with E-state index in [4.69, 9.17) is 0 Å². The van der Waals surface area contributed by atoms with Gasteiger partial charge >= 0.3 is 0 Å². The molecule has 53 heavy (non-hydrogen) atoms. The van der Waals surface area contributed by atoms with Crippen LogP contribution in [0.3, 0.4) is 0 Å². The first-order chi connectivity index (χ1) is 26.1. The number of nitrogens with zero attached hydrogens (tertiary/aromatic N) is 2. The summed E-state index contributed by atoms with van der Waals surface area (Å²) in [5.41, 5.74) is 19.5. The van der Waals surface area contributed by atoms with E-state index in [-0.39, 0.29) is 5.41 Å². The van der Waals surface area contributed by atoms with Gasteiger partial charge in [-0.15, -0.1) is 0 Å². The molecule has 0 N–H and O–H groups in total. The molecule has 0 fully saturated rings. The van der Waals surface area contributed by atoms with Crippen molar-refractivity contribution in [2.24, 2.45) is 0 Å². The van der Waals surface area contributed by atoms with Crippen LogP contribution in [-0.4, -0.2) is 0 Å². The van der Waals surface area contributed by atoms with Crippen molar-refractivity contribution in [1.82, 2.24) is 0 Å². The number of para-hydroxylation sites is 2. The predicted octanol–water partition coefficient (Wildman–Crippen LogP) is 14.2. The molecule has 2 aliphatic rings. The summed E-state index contributed by atoms with van der Waals surface area (Å²) in [6.45, 7) is 4.70. The van der Waals surface area contributed by atoms with Crippen molar-refractivity contribution >= 4 is 34.1 Å². The lowest BCUT2D eigenvalue weighted by molar-refractivity contribution is 0.660. The fraction of sp³-hybridized carbons (Fsp3) is 0.0588. The van der Waals surface area contributed by atoms with Gasteiger partial charge in [0.05, 0.1) is 11.4 Å². The van der Waals surface area contributed by atoms with Crippen molar-refractivity contribution in [3.05, 3.63) is 205 Å². The van der Waals surface area contributed by atoms with E-state index in [2.05, 4.69) is 218 Å². The van der Waals surface area contributed by atoms with Crippen molar-refractivity contribution < 1.29 is 0 Å². The van der Waals surface area contributed by atoms with Gasteiger partial charge in [-0.3, -0.25) is 0 Å². The van der Waals surface area contributed by atoms with Gasteiger partial charge in [0.1, 0.15) is 0 Å². The standard InChI is InChI=1S/C51H38N2/c1-51(2)47-21-11-8-18-43(47)44-33-32-40(34-48(44)51)52(37-26-24-36(25-27-37)35-14-4-3-5-15-35)38-28-30-39(31-29-38)53-49-22-12-9-19-45(49)41-16-6-7-17-42(41)46-20-10-13-23-50(46)53/h3-34H,1-2H3. The minimum absolute atomic E-state index is 0.0975. The molecule has 0 atom stereocenters. The molecule has 2 nitrogen and oxygen atoms in total. The smallest absolute Gasteiger partial charge is 0.0540 e. The molecule has 8 aromatic carbocycles. The average molecular weight is 679 g/mol. The van der Waals surface area contributed by atoms with Gasteiger partial charge < -0.3 is 9.80 Å². The quantitative estimate of drug-likeness (QED) is 0.179. The molecule has 8 aromatic rings. The van der Waals surface area contributed by atoms with Crippen LogP contribution < -0.4 is 9.80 Å². The summed E-state index contributed by atoms with van der Waals surface area (Å²) in [6, 6.07) is 70.9. The number of hydrogen-bond acceptors (Lipinski definition) is 2. The van der Waals surface area contributed by atoms with Gasteiger partial charge in [0.25, 0.3) is 0 Å². The van der Waals surface area contributed by atoms with Crippen LogP contribution >= 0.6 is 0 Å². The van der Waals surface area contributed by atoms with Gasteiger partial charge in [-0.25, -0.2) is 0 Å². The van der Waals surface area contributed by atoms with E-state index in [1.165, 1.54) is 67.0 Å². The summed E-state index contributed by atoms with van der Waals surface area (Å²) >= 11 is 0. The van der Waals surface area contributed by atoms with E-state index >= 15 is 0 Å². The molecule has 252 valence electrons. The zero-order chi connectivity index (χ0) is 35.5. The van der Waals surface area contributed by atoms with Gasteiger partial charge in [0, 0.05) is 39.3 Å². The van der Waals surface area contributed by atoms with Gasteiger partial charge in [-0.05, 0) is 105 Å². The topological polar surface area (TPSA) is 6.48 Å². The number of hydrogen-bond donors (Lipinski definition) is 0. The molecule has 1 heterocycles. The maximum absolute atomic E-state index is 2.42. The normalized spacial score (nSPS) is 13.2. The Balaban J connectivity index is 1.11. The second kappa shape index (κ2) is 12.3. The lowest BCUT2D eigenvalue weighted by atomic mass is 9.82. The lowest BCUT2D eigenvalue weighted by Gasteiger charge is -2.30. The second-order valence-electron chi connectivity index (χ2n) is 14.6. The SMILES string of the molecule is CC1(C)c2ccccc2-c2ccc(N(c3ccc(-c4ccccc4)cc3)c3ccc(N4c5ccccc5-c5ccccc5-c5ccccc54)cc3)cc21. The molecule has 0 aromatic heterocycles. The number of rotatable bonds is 5. The van der Waals surface area contributed by atoms with Crippen LogP contribution in [0, 0.1) is 0 Å². The molecule has 0 spiro atoms. The third kappa shape index (κ3) is 5.02. The summed E-state index contributed by atoms with van der Waals surface area (Å²) in [5, 5.41) is 0. The number of anilines is 6. The van der Waals surface area contributed by atoms with Crippen molar-refractivity contribution in [2.45, 2.75) is 19.3 Å². The zero-order valence-electron chi connectivity index (χ0n) is 29.9. The third-order valence-electron chi connectivity index (χ3n) is 11.2. The first-order valence-electron chi connectivity index (χ1n) is 18.4. The Bertz CT molecular complexity index is 2570. The molecule has 0 amide bonds. The molecule has 2 heteroatoms. The molecule has 0 unspecified atom stereocenters. The summed E-state index contributed by atoms with van der Waals surface area (Å²) in [4.78, 5) is 4.82. The molecule has 1 aliphatic heterocycles. The highest BCUT2D eigenvalue weighted by Crippen LogP contribution is 2.52. The average Bonchev–Trinajstić information content (AvgIpc) is 3.36. The minimum atomic E-state index is -0.0975. The van der Waals surface area contributed by atoms with Gasteiger partial charge in [0.2, 0.25) is 0 Å². The van der Waals surface area contributed by atoms with Gasteiger partial charge in [-0.1, -0.05) is 147 Å². The Morgan fingerprint density at radius 2 is 0.811 bits per heavy atom. The van der Waals surface area contributed by atoms with Crippen LogP contribution in [-0.2, 0) is 5.41 Å². The Labute approximate surface area is 311 Å². The van der Waals surface area contributed by atoms with Crippen LogP contribution in [0.4, 0.5) is 34.1 Å². The van der Waals surface area contributed by atoms with Crippen LogP contribution in [0.1, 0.15) is 25.0 Å². The largest absolute Gasteiger partial charge is 0.310 e. The lowest BCUT2D eigenvalue weighted by Crippen LogP contribution is -2.16. The predicted molar refractivity (Wildman–Crippen MR) is 223 cm³/mol. The highest BCUT2D eigenvalue weighted by atomic mass is 15.2. The molecule has 10 rings (SSSR count). The van der Waals surface area contributed by atoms with Crippen LogP contribution in [0.15, 0.2) is 194 Å². The fourth-order valence-corrected chi connectivity index (χ4v) is 8.62. The number of fused-ring (bicyclic) bond motifs is 8. The van der Waals surface area contributed by atoms with Crippen molar-refractivity contribution in [3.63, 3.8) is 0 Å². The van der Waals surface area contributed by atoms with E-state index in [0.717, 1.165) is 22.7 Å². The third-order valence-corrected chi connectivity index (χ3v) is 11.2. The van der Waals surface area contributed by atoms with Crippen molar-refractivity contribution in [2.75, 3.05) is 9.80 Å². The number of benzene rings is 8. The molecule has 1 aliphatic carbocycles. The van der Waals surface area contributed by atoms with Crippen LogP contribution in [0.2, 0.25) is 0 Å². The monoisotopic (exact) mass is 678 g/mol. The maximum Gasteiger partial charge on any atom is 0.0540 e. The Hall–Kier alpha value is -6.64. The Morgan fingerprint density at radius 1 is 0.358 bits per heavy atom. The van der Waals surface area contributed by atoms with Crippen molar-refractivity contribution in [1.29, 1.82) is 0 Å². The highest BCUT2D eigenvalue weighted by molar-refractivity contribution is 6.02. The molecule has 0 saturated carbocycles. The minimum Gasteiger partial charge on any atom is -0.310 e. The zero-order valence-corrected chi connectivity index (χ0v) is 29.9. The van der Waals surface area contributed by atoms with Crippen molar-refractivity contribution in [3.8, 4) is 44.5 Å². The van der Waals surface area contributed by atoms with Gasteiger partial charge in [-0.2, -0.15) is 0 Å². The summed E-state index contributed by atoms with van der Waals surface area (Å²) < 4.78 is 0. The van der Waals surface area contributed by atoms with Gasteiger partial charge in [0.15, 0.2) is 0 Å². The first-order valence-corrected chi connectivity index (χ1v) is 18.4. The molecule has 0 bridgehead atoms. The fourth-order valence-electron chi connectivity index (χ4n) is 8.62. The molecule has 0 radical (unpaired) electrons. The van der Waals surface area contributed by atoms with E-state index in [9.17, 15) is 0 Å². The second-order valence-corrected chi connectivity index (χ2v) is 14.6. The van der Waals surface area contributed by atoms with E-state index < -0.39 is 0 Å². The maximum atomic E-state index is 2.42. The van der Waals surface area contributed by atoms with Crippen LogP contribution in [0.25, 0.3) is 44.5 Å². The summed E-state index contributed by atoms with van der Waals surface area (Å²) in [7, 11) is 0. The Morgan fingerprint density at radius 3 is 1.43 bits per heavy atom. The Kier molecular flexibility index (Phi) is 7.19. The van der Waals surface area contributed by atoms with E-state index in [0.29, 0.717) is 0 Å². The van der Waals surface area contributed by atoms with E-state index in [1.807, 2.05) is 0 Å². The van der Waals surface area contributed by atoms with E-state index in [1.54, 1.807) is 0 Å².